The lowest BCUT2D eigenvalue weighted by atomic mass is 9.97. The molecule has 0 heterocycles. The van der Waals surface area contributed by atoms with Crippen molar-refractivity contribution in [3.05, 3.63) is 35.9 Å². The van der Waals surface area contributed by atoms with Crippen LogP contribution in [0.5, 0.6) is 0 Å². The predicted molar refractivity (Wildman–Crippen MR) is 66.1 cm³/mol. The van der Waals surface area contributed by atoms with Gasteiger partial charge in [0.05, 0.1) is 6.54 Å². The van der Waals surface area contributed by atoms with Gasteiger partial charge in [0.15, 0.2) is 0 Å². The number of halogens is 2. The molecule has 0 aliphatic rings. The highest BCUT2D eigenvalue weighted by Gasteiger charge is 2.23. The minimum atomic E-state index is -2.32. The zero-order valence-corrected chi connectivity index (χ0v) is 10.3. The maximum Gasteiger partial charge on any atom is 0.251 e. The van der Waals surface area contributed by atoms with Crippen molar-refractivity contribution in [2.45, 2.75) is 31.9 Å². The first kappa shape index (κ1) is 14.1. The molecule has 0 spiro atoms. The van der Waals surface area contributed by atoms with Crippen molar-refractivity contribution >= 4 is 0 Å². The number of alkyl halides is 2. The van der Waals surface area contributed by atoms with Crippen molar-refractivity contribution < 1.29 is 8.78 Å². The molecule has 0 fully saturated rings. The Hall–Kier alpha value is -1.00. The largest absolute Gasteiger partial charge is 0.323 e. The molecule has 17 heavy (non-hydrogen) atoms. The molecule has 96 valence electrons. The van der Waals surface area contributed by atoms with Crippen LogP contribution in [0.1, 0.15) is 24.9 Å². The van der Waals surface area contributed by atoms with E-state index in [1.54, 1.807) is 11.9 Å². The van der Waals surface area contributed by atoms with Gasteiger partial charge in [-0.15, -0.1) is 0 Å². The average molecular weight is 242 g/mol. The van der Waals surface area contributed by atoms with E-state index in [1.165, 1.54) is 0 Å². The molecule has 2 nitrogen and oxygen atoms in total. The van der Waals surface area contributed by atoms with Gasteiger partial charge in [-0.25, -0.2) is 8.78 Å². The van der Waals surface area contributed by atoms with Crippen molar-refractivity contribution in [2.75, 3.05) is 13.6 Å². The molecule has 2 unspecified atom stereocenters. The SMILES string of the molecule is CCC(C(N)c1ccccc1)N(C)CC(F)F. The zero-order chi connectivity index (χ0) is 12.8. The first-order valence-corrected chi connectivity index (χ1v) is 5.85. The van der Waals surface area contributed by atoms with Crippen LogP contribution >= 0.6 is 0 Å². The van der Waals surface area contributed by atoms with E-state index >= 15 is 0 Å². The van der Waals surface area contributed by atoms with Crippen molar-refractivity contribution in [2.24, 2.45) is 5.73 Å². The van der Waals surface area contributed by atoms with Gasteiger partial charge in [0, 0.05) is 12.1 Å². The number of hydrogen-bond donors (Lipinski definition) is 1. The van der Waals surface area contributed by atoms with Gasteiger partial charge >= 0.3 is 0 Å². The van der Waals surface area contributed by atoms with Crippen molar-refractivity contribution in [3.8, 4) is 0 Å². The molecule has 0 radical (unpaired) electrons. The quantitative estimate of drug-likeness (QED) is 0.831. The van der Waals surface area contributed by atoms with Crippen LogP contribution in [0.15, 0.2) is 30.3 Å². The fourth-order valence-electron chi connectivity index (χ4n) is 2.09. The Morgan fingerprint density at radius 3 is 2.29 bits per heavy atom. The molecule has 1 rings (SSSR count). The van der Waals surface area contributed by atoms with E-state index in [2.05, 4.69) is 0 Å². The molecule has 1 aromatic carbocycles. The molecule has 0 aromatic heterocycles. The van der Waals surface area contributed by atoms with Crippen LogP contribution in [-0.4, -0.2) is 31.0 Å². The molecule has 2 atom stereocenters. The number of benzene rings is 1. The number of nitrogens with zero attached hydrogens (tertiary/aromatic N) is 1. The first-order valence-electron chi connectivity index (χ1n) is 5.85. The van der Waals surface area contributed by atoms with Crippen LogP contribution < -0.4 is 5.73 Å². The third-order valence-corrected chi connectivity index (χ3v) is 3.01. The van der Waals surface area contributed by atoms with E-state index in [4.69, 9.17) is 5.73 Å². The third-order valence-electron chi connectivity index (χ3n) is 3.01. The van der Waals surface area contributed by atoms with Crippen LogP contribution in [0.3, 0.4) is 0 Å². The second kappa shape index (κ2) is 6.67. The fourth-order valence-corrected chi connectivity index (χ4v) is 2.09. The van der Waals surface area contributed by atoms with Gasteiger partial charge in [-0.2, -0.15) is 0 Å². The number of rotatable bonds is 6. The molecule has 0 aliphatic carbocycles. The van der Waals surface area contributed by atoms with Gasteiger partial charge in [0.25, 0.3) is 6.43 Å². The minimum absolute atomic E-state index is 0.0635. The van der Waals surface area contributed by atoms with E-state index in [0.29, 0.717) is 0 Å². The maximum atomic E-state index is 12.4. The Labute approximate surface area is 101 Å². The molecule has 0 saturated heterocycles. The highest BCUT2D eigenvalue weighted by molar-refractivity contribution is 5.20. The Balaban J connectivity index is 2.73. The zero-order valence-electron chi connectivity index (χ0n) is 10.3. The van der Waals surface area contributed by atoms with Gasteiger partial charge in [0.2, 0.25) is 0 Å². The summed E-state index contributed by atoms with van der Waals surface area (Å²) < 4.78 is 24.7. The lowest BCUT2D eigenvalue weighted by Crippen LogP contribution is -2.42. The summed E-state index contributed by atoms with van der Waals surface area (Å²) in [6, 6.07) is 9.31. The van der Waals surface area contributed by atoms with Gasteiger partial charge in [-0.3, -0.25) is 4.90 Å². The van der Waals surface area contributed by atoms with Gasteiger partial charge < -0.3 is 5.73 Å². The summed E-state index contributed by atoms with van der Waals surface area (Å²) in [5.41, 5.74) is 7.13. The van der Waals surface area contributed by atoms with Crippen LogP contribution in [0, 0.1) is 0 Å². The van der Waals surface area contributed by atoms with Crippen LogP contribution in [-0.2, 0) is 0 Å². The van der Waals surface area contributed by atoms with Crippen molar-refractivity contribution in [3.63, 3.8) is 0 Å². The molecule has 2 N–H and O–H groups in total. The van der Waals surface area contributed by atoms with E-state index in [0.717, 1.165) is 12.0 Å². The number of likely N-dealkylation sites (N-methyl/N-ethyl adjacent to an activating group) is 1. The molecule has 0 aliphatic heterocycles. The summed E-state index contributed by atoms with van der Waals surface area (Å²) in [5, 5.41) is 0. The van der Waals surface area contributed by atoms with Crippen LogP contribution in [0.4, 0.5) is 8.78 Å². The smallest absolute Gasteiger partial charge is 0.251 e. The lowest BCUT2D eigenvalue weighted by Gasteiger charge is -2.32. The summed E-state index contributed by atoms with van der Waals surface area (Å²) in [7, 11) is 1.70. The van der Waals surface area contributed by atoms with Crippen molar-refractivity contribution in [1.29, 1.82) is 0 Å². The molecular weight excluding hydrogens is 222 g/mol. The second-order valence-corrected chi connectivity index (χ2v) is 4.24. The van der Waals surface area contributed by atoms with E-state index in [1.807, 2.05) is 37.3 Å². The van der Waals surface area contributed by atoms with E-state index < -0.39 is 6.43 Å². The Kier molecular flexibility index (Phi) is 5.51. The average Bonchev–Trinajstić information content (AvgIpc) is 2.30. The highest BCUT2D eigenvalue weighted by atomic mass is 19.3. The highest BCUT2D eigenvalue weighted by Crippen LogP contribution is 2.20. The molecular formula is C13H20F2N2. The maximum absolute atomic E-state index is 12.4. The molecule has 1 aromatic rings. The first-order chi connectivity index (χ1) is 8.06. The van der Waals surface area contributed by atoms with Crippen LogP contribution in [0.25, 0.3) is 0 Å². The van der Waals surface area contributed by atoms with Crippen LogP contribution in [0.2, 0.25) is 0 Å². The predicted octanol–water partition coefficient (Wildman–Crippen LogP) is 2.66. The number of hydrogen-bond acceptors (Lipinski definition) is 2. The monoisotopic (exact) mass is 242 g/mol. The fraction of sp³-hybridized carbons (Fsp3) is 0.538. The summed E-state index contributed by atoms with van der Waals surface area (Å²) in [6.45, 7) is 1.73. The second-order valence-electron chi connectivity index (χ2n) is 4.24. The van der Waals surface area contributed by atoms with Gasteiger partial charge in [-0.05, 0) is 19.0 Å². The Morgan fingerprint density at radius 2 is 1.82 bits per heavy atom. The summed E-state index contributed by atoms with van der Waals surface area (Å²) >= 11 is 0. The van der Waals surface area contributed by atoms with E-state index in [-0.39, 0.29) is 18.6 Å². The standard InChI is InChI=1S/C13H20F2N2/c1-3-11(17(2)9-12(14)15)13(16)10-7-5-4-6-8-10/h4-8,11-13H,3,9,16H2,1-2H3. The molecule has 4 heteroatoms. The molecule has 0 saturated carbocycles. The van der Waals surface area contributed by atoms with E-state index in [9.17, 15) is 8.78 Å². The topological polar surface area (TPSA) is 29.3 Å². The Morgan fingerprint density at radius 1 is 1.24 bits per heavy atom. The van der Waals surface area contributed by atoms with Crippen molar-refractivity contribution in [1.82, 2.24) is 4.90 Å². The molecule has 0 bridgehead atoms. The molecule has 0 amide bonds. The summed E-state index contributed by atoms with van der Waals surface area (Å²) in [4.78, 5) is 1.64. The minimum Gasteiger partial charge on any atom is -0.323 e. The van der Waals surface area contributed by atoms with Gasteiger partial charge in [0.1, 0.15) is 0 Å². The Bertz CT molecular complexity index is 316. The van der Waals surface area contributed by atoms with Gasteiger partial charge in [-0.1, -0.05) is 37.3 Å². The summed E-state index contributed by atoms with van der Waals surface area (Å²) in [6.07, 6.45) is -1.57. The summed E-state index contributed by atoms with van der Waals surface area (Å²) in [5.74, 6) is 0. The normalized spacial score (nSPS) is 15.2. The third kappa shape index (κ3) is 4.06. The number of nitrogens with two attached hydrogens (primary N) is 1. The lowest BCUT2D eigenvalue weighted by molar-refractivity contribution is 0.0729.